The Hall–Kier alpha value is -1.39. The van der Waals surface area contributed by atoms with Gasteiger partial charge in [-0.2, -0.15) is 0 Å². The highest BCUT2D eigenvalue weighted by Crippen LogP contribution is 2.27. The molecule has 0 heterocycles. The second-order valence-corrected chi connectivity index (χ2v) is 11.0. The molecule has 1 aromatic carbocycles. The monoisotopic (exact) mass is 529 g/mol. The fourth-order valence-electron chi connectivity index (χ4n) is 2.97. The maximum absolute atomic E-state index is 12.6. The predicted octanol–water partition coefficient (Wildman–Crippen LogP) is 9.79. The molecular weight excluding hydrogens is 474 g/mol. The Labute approximate surface area is 226 Å². The molecule has 0 aliphatic rings. The zero-order chi connectivity index (χ0) is 28.6. The number of nitrogens with zero attached hydrogens (tertiary/aromatic N) is 1. The SMILES string of the molecule is C/C=C\C=C/C.CC.CC.CC.CCC(c1ccc(Cl)cc1)N(CC(C)S(=O)C(C)(C)C)C(C)=O. The summed E-state index contributed by atoms with van der Waals surface area (Å²) < 4.78 is 12.3. The van der Waals surface area contributed by atoms with Crippen LogP contribution in [-0.4, -0.2) is 31.6 Å². The Morgan fingerprint density at radius 1 is 0.971 bits per heavy atom. The molecule has 0 saturated heterocycles. The van der Waals surface area contributed by atoms with Gasteiger partial charge >= 0.3 is 0 Å². The summed E-state index contributed by atoms with van der Waals surface area (Å²) in [6.45, 7) is 28.0. The molecule has 3 nitrogen and oxygen atoms in total. The van der Waals surface area contributed by atoms with E-state index in [0.717, 1.165) is 12.0 Å². The largest absolute Gasteiger partial charge is 0.335 e. The number of carbonyl (C=O) groups excluding carboxylic acids is 1. The Bertz CT molecular complexity index is 681. The highest BCUT2D eigenvalue weighted by molar-refractivity contribution is 7.87. The second-order valence-electron chi connectivity index (χ2n) is 7.92. The number of amides is 1. The molecule has 0 bridgehead atoms. The molecule has 3 atom stereocenters. The lowest BCUT2D eigenvalue weighted by Crippen LogP contribution is -2.42. The Morgan fingerprint density at radius 2 is 1.37 bits per heavy atom. The molecule has 5 heteroatoms. The van der Waals surface area contributed by atoms with Gasteiger partial charge in [0.05, 0.1) is 11.3 Å². The first-order valence-electron chi connectivity index (χ1n) is 13.2. The topological polar surface area (TPSA) is 37.4 Å². The van der Waals surface area contributed by atoms with Gasteiger partial charge in [0.15, 0.2) is 0 Å². The van der Waals surface area contributed by atoms with Crippen LogP contribution in [0.15, 0.2) is 48.6 Å². The molecule has 3 unspecified atom stereocenters. The van der Waals surface area contributed by atoms with Crippen molar-refractivity contribution in [3.05, 3.63) is 59.2 Å². The van der Waals surface area contributed by atoms with Gasteiger partial charge in [-0.25, -0.2) is 0 Å². The molecule has 1 aromatic rings. The van der Waals surface area contributed by atoms with Crippen molar-refractivity contribution >= 4 is 28.3 Å². The van der Waals surface area contributed by atoms with Crippen LogP contribution < -0.4 is 0 Å². The number of halogens is 1. The third kappa shape index (κ3) is 19.5. The summed E-state index contributed by atoms with van der Waals surface area (Å²) in [4.78, 5) is 14.0. The van der Waals surface area contributed by atoms with Crippen molar-refractivity contribution in [1.29, 1.82) is 0 Å². The molecule has 35 heavy (non-hydrogen) atoms. The average molecular weight is 530 g/mol. The zero-order valence-electron chi connectivity index (χ0n) is 25.2. The van der Waals surface area contributed by atoms with Gasteiger partial charge in [0.25, 0.3) is 0 Å². The highest BCUT2D eigenvalue weighted by Gasteiger charge is 2.29. The number of allylic oxidation sites excluding steroid dienone is 4. The molecule has 206 valence electrons. The van der Waals surface area contributed by atoms with Gasteiger partial charge in [-0.1, -0.05) is 96.5 Å². The van der Waals surface area contributed by atoms with Gasteiger partial charge in [-0.05, 0) is 65.7 Å². The number of rotatable bonds is 7. The van der Waals surface area contributed by atoms with E-state index in [-0.39, 0.29) is 21.9 Å². The maximum Gasteiger partial charge on any atom is 0.219 e. The van der Waals surface area contributed by atoms with Crippen LogP contribution in [0.2, 0.25) is 5.02 Å². The van der Waals surface area contributed by atoms with Crippen LogP contribution in [0, 0.1) is 0 Å². The first-order chi connectivity index (χ1) is 16.5. The molecule has 0 N–H and O–H groups in total. The fraction of sp³-hybridized carbons (Fsp3) is 0.633. The van der Waals surface area contributed by atoms with E-state index >= 15 is 0 Å². The Balaban J connectivity index is -0.000000338. The first-order valence-corrected chi connectivity index (χ1v) is 14.8. The molecule has 0 aliphatic carbocycles. The van der Waals surface area contributed by atoms with E-state index < -0.39 is 10.8 Å². The minimum atomic E-state index is -1.01. The van der Waals surface area contributed by atoms with Gasteiger partial charge < -0.3 is 4.90 Å². The molecular formula is C30H56ClNO2S. The summed E-state index contributed by atoms with van der Waals surface area (Å²) in [6.07, 6.45) is 8.80. The van der Waals surface area contributed by atoms with Crippen molar-refractivity contribution in [2.45, 2.75) is 119 Å². The van der Waals surface area contributed by atoms with Crippen LogP contribution >= 0.6 is 11.6 Å². The maximum atomic E-state index is 12.6. The van der Waals surface area contributed by atoms with Gasteiger partial charge in [-0.15, -0.1) is 0 Å². The van der Waals surface area contributed by atoms with Crippen molar-refractivity contribution in [3.8, 4) is 0 Å². The lowest BCUT2D eigenvalue weighted by atomic mass is 10.0. The molecule has 0 fully saturated rings. The lowest BCUT2D eigenvalue weighted by Gasteiger charge is -2.34. The molecule has 0 radical (unpaired) electrons. The van der Waals surface area contributed by atoms with Crippen molar-refractivity contribution in [2.75, 3.05) is 6.54 Å². The first kappa shape index (κ1) is 40.8. The van der Waals surface area contributed by atoms with E-state index in [4.69, 9.17) is 11.6 Å². The van der Waals surface area contributed by atoms with Gasteiger partial charge in [-0.3, -0.25) is 9.00 Å². The highest BCUT2D eigenvalue weighted by atomic mass is 35.5. The molecule has 0 aliphatic heterocycles. The van der Waals surface area contributed by atoms with E-state index in [2.05, 4.69) is 6.92 Å². The van der Waals surface area contributed by atoms with E-state index in [9.17, 15) is 9.00 Å². The zero-order valence-corrected chi connectivity index (χ0v) is 26.8. The number of carbonyl (C=O) groups is 1. The summed E-state index contributed by atoms with van der Waals surface area (Å²) in [6, 6.07) is 7.57. The van der Waals surface area contributed by atoms with Crippen LogP contribution in [0.1, 0.15) is 115 Å². The smallest absolute Gasteiger partial charge is 0.219 e. The quantitative estimate of drug-likeness (QED) is 0.329. The molecule has 0 aromatic heterocycles. The number of hydrogen-bond acceptors (Lipinski definition) is 2. The summed E-state index contributed by atoms with van der Waals surface area (Å²) in [5, 5.41) is 0.598. The standard InChI is InChI=1S/C18H28ClNO2S.C6H10.3C2H6/c1-7-17(15-8-10-16(19)11-9-15)20(14(3)21)12-13(2)23(22)18(4,5)6;1-3-5-6-4-2;3*1-2/h8-11,13,17H,7,12H2,1-6H3;3-6H,1-2H3;3*1-2H3/b;5-3-,6-4-;;;. The van der Waals surface area contributed by atoms with Crippen molar-refractivity contribution in [1.82, 2.24) is 4.90 Å². The van der Waals surface area contributed by atoms with E-state index in [1.165, 1.54) is 0 Å². The van der Waals surface area contributed by atoms with Crippen LogP contribution in [0.25, 0.3) is 0 Å². The van der Waals surface area contributed by atoms with Crippen LogP contribution in [0.4, 0.5) is 0 Å². The fourth-order valence-corrected chi connectivity index (χ4v) is 4.60. The lowest BCUT2D eigenvalue weighted by molar-refractivity contribution is -0.131. The van der Waals surface area contributed by atoms with Crippen molar-refractivity contribution < 1.29 is 9.00 Å². The number of benzene rings is 1. The van der Waals surface area contributed by atoms with Crippen molar-refractivity contribution in [2.24, 2.45) is 0 Å². The van der Waals surface area contributed by atoms with Crippen LogP contribution in [-0.2, 0) is 15.6 Å². The van der Waals surface area contributed by atoms with Gasteiger partial charge in [0, 0.05) is 34.0 Å². The normalized spacial score (nSPS) is 12.9. The summed E-state index contributed by atoms with van der Waals surface area (Å²) in [7, 11) is -1.01. The van der Waals surface area contributed by atoms with Crippen molar-refractivity contribution in [3.63, 3.8) is 0 Å². The Kier molecular flexibility index (Phi) is 29.9. The molecule has 1 rings (SSSR count). The van der Waals surface area contributed by atoms with E-state index in [0.29, 0.717) is 11.6 Å². The van der Waals surface area contributed by atoms with E-state index in [1.54, 1.807) is 6.92 Å². The molecule has 0 spiro atoms. The average Bonchev–Trinajstić information content (AvgIpc) is 2.86. The minimum absolute atomic E-state index is 0.00422. The number of hydrogen-bond donors (Lipinski definition) is 0. The second kappa shape index (κ2) is 25.7. The minimum Gasteiger partial charge on any atom is -0.335 e. The molecule has 1 amide bonds. The third-order valence-electron chi connectivity index (χ3n) is 4.34. The summed E-state index contributed by atoms with van der Waals surface area (Å²) in [5.41, 5.74) is 1.06. The molecule has 0 saturated carbocycles. The van der Waals surface area contributed by atoms with Crippen LogP contribution in [0.5, 0.6) is 0 Å². The van der Waals surface area contributed by atoms with Gasteiger partial charge in [0.2, 0.25) is 5.91 Å². The summed E-state index contributed by atoms with van der Waals surface area (Å²) >= 11 is 5.96. The third-order valence-corrected chi connectivity index (χ3v) is 6.68. The van der Waals surface area contributed by atoms with Gasteiger partial charge in [0.1, 0.15) is 0 Å². The summed E-state index contributed by atoms with van der Waals surface area (Å²) in [5.74, 6) is 0.00422. The predicted molar refractivity (Wildman–Crippen MR) is 163 cm³/mol. The van der Waals surface area contributed by atoms with Crippen LogP contribution in [0.3, 0.4) is 0 Å². The Morgan fingerprint density at radius 3 is 1.66 bits per heavy atom. The van der Waals surface area contributed by atoms with E-state index in [1.807, 2.05) is 137 Å².